The molecule has 7 nitrogen and oxygen atoms in total. The van der Waals surface area contributed by atoms with E-state index in [1.165, 1.54) is 12.1 Å². The molecule has 0 spiro atoms. The van der Waals surface area contributed by atoms with Gasteiger partial charge in [-0.1, -0.05) is 11.6 Å². The predicted molar refractivity (Wildman–Crippen MR) is 139 cm³/mol. The van der Waals surface area contributed by atoms with Crippen molar-refractivity contribution in [3.05, 3.63) is 71.0 Å². The molecule has 1 fully saturated rings. The fourth-order valence-corrected chi connectivity index (χ4v) is 4.75. The molecule has 2 aromatic heterocycles. The van der Waals surface area contributed by atoms with Crippen LogP contribution in [0.5, 0.6) is 11.5 Å². The van der Waals surface area contributed by atoms with Crippen molar-refractivity contribution in [1.29, 1.82) is 0 Å². The summed E-state index contributed by atoms with van der Waals surface area (Å²) in [5.74, 6) is 1.67. The number of aromatic nitrogens is 3. The molecule has 1 aliphatic heterocycles. The summed E-state index contributed by atoms with van der Waals surface area (Å²) in [7, 11) is 1.76. The van der Waals surface area contributed by atoms with Gasteiger partial charge in [-0.2, -0.15) is 13.2 Å². The van der Waals surface area contributed by atoms with Gasteiger partial charge in [-0.3, -0.25) is 9.78 Å². The van der Waals surface area contributed by atoms with Crippen LogP contribution in [-0.2, 0) is 24.4 Å². The molecule has 2 N–H and O–H groups in total. The third-order valence-corrected chi connectivity index (χ3v) is 6.88. The van der Waals surface area contributed by atoms with Crippen LogP contribution in [0.1, 0.15) is 24.1 Å². The number of Topliss-reactive ketones (excluding diaryl/α,β-unsaturated/α-hetero) is 1. The molecule has 0 amide bonds. The van der Waals surface area contributed by atoms with E-state index in [4.69, 9.17) is 16.3 Å². The summed E-state index contributed by atoms with van der Waals surface area (Å²) < 4.78 is 47.5. The Morgan fingerprint density at radius 3 is 2.66 bits per heavy atom. The number of anilines is 2. The van der Waals surface area contributed by atoms with Crippen LogP contribution in [0.2, 0.25) is 5.02 Å². The maximum Gasteiger partial charge on any atom is 0.417 e. The van der Waals surface area contributed by atoms with E-state index in [0.717, 1.165) is 37.5 Å². The van der Waals surface area contributed by atoms with Crippen molar-refractivity contribution in [3.8, 4) is 11.5 Å². The predicted octanol–water partition coefficient (Wildman–Crippen LogP) is 6.29. The standard InChI is InChI=1S/C27H25ClF3N5O2/c1-36-24-5-3-19(38-20-8-11-33-18(12-20)14-25(37)16-6-9-32-10-7-16)15-23(24)35-26(36)34-17-2-4-22(28)21(13-17)27(29,30)31/h2-5,8,11-13,15-16,32H,6-7,9-10,14H2,1H3,(H,34,35). The van der Waals surface area contributed by atoms with Crippen molar-refractivity contribution in [2.45, 2.75) is 25.4 Å². The molecule has 0 aliphatic carbocycles. The molecule has 3 heterocycles. The Balaban J connectivity index is 1.32. The topological polar surface area (TPSA) is 81.1 Å². The first-order chi connectivity index (χ1) is 18.2. The number of carbonyl (C=O) groups is 1. The maximum atomic E-state index is 13.2. The lowest BCUT2D eigenvalue weighted by Crippen LogP contribution is -2.32. The lowest BCUT2D eigenvalue weighted by molar-refractivity contribution is -0.137. The van der Waals surface area contributed by atoms with Crippen molar-refractivity contribution in [2.75, 3.05) is 18.4 Å². The van der Waals surface area contributed by atoms with Gasteiger partial charge in [0.1, 0.15) is 17.3 Å². The van der Waals surface area contributed by atoms with Crippen molar-refractivity contribution in [3.63, 3.8) is 0 Å². The number of nitrogens with zero attached hydrogens (tertiary/aromatic N) is 3. The van der Waals surface area contributed by atoms with Gasteiger partial charge in [0.15, 0.2) is 0 Å². The molecule has 1 aliphatic rings. The molecular weight excluding hydrogens is 519 g/mol. The van der Waals surface area contributed by atoms with Gasteiger partial charge in [-0.15, -0.1) is 0 Å². The average Bonchev–Trinajstić information content (AvgIpc) is 3.19. The average molecular weight is 544 g/mol. The van der Waals surface area contributed by atoms with E-state index in [2.05, 4.69) is 20.6 Å². The van der Waals surface area contributed by atoms with E-state index >= 15 is 0 Å². The van der Waals surface area contributed by atoms with Crippen LogP contribution in [0, 0.1) is 5.92 Å². The molecule has 0 unspecified atom stereocenters. The molecule has 2 aromatic carbocycles. The Kier molecular flexibility index (Phi) is 7.27. The Bertz CT molecular complexity index is 1480. The quantitative estimate of drug-likeness (QED) is 0.285. The van der Waals surface area contributed by atoms with E-state index in [9.17, 15) is 18.0 Å². The first kappa shape index (κ1) is 26.0. The number of carbonyl (C=O) groups excluding carboxylic acids is 1. The first-order valence-electron chi connectivity index (χ1n) is 12.1. The maximum absolute atomic E-state index is 13.2. The second-order valence-corrected chi connectivity index (χ2v) is 9.62. The van der Waals surface area contributed by atoms with Crippen molar-refractivity contribution in [1.82, 2.24) is 19.9 Å². The SMILES string of the molecule is Cn1c(Nc2ccc(Cl)c(C(F)(F)F)c2)nc2cc(Oc3ccnc(CC(=O)C4CCNCC4)c3)ccc21. The number of ether oxygens (including phenoxy) is 1. The Labute approximate surface area is 222 Å². The van der Waals surface area contributed by atoms with Gasteiger partial charge in [0.25, 0.3) is 0 Å². The molecule has 38 heavy (non-hydrogen) atoms. The monoisotopic (exact) mass is 543 g/mol. The summed E-state index contributed by atoms with van der Waals surface area (Å²) in [4.78, 5) is 21.5. The molecule has 0 saturated carbocycles. The molecule has 1 saturated heterocycles. The summed E-state index contributed by atoms with van der Waals surface area (Å²) in [6, 6.07) is 12.4. The molecule has 198 valence electrons. The number of benzene rings is 2. The Morgan fingerprint density at radius 2 is 1.89 bits per heavy atom. The lowest BCUT2D eigenvalue weighted by Gasteiger charge is -2.21. The molecule has 11 heteroatoms. The Morgan fingerprint density at radius 1 is 1.13 bits per heavy atom. The number of imidazole rings is 1. The van der Waals surface area contributed by atoms with Gasteiger partial charge >= 0.3 is 6.18 Å². The number of aryl methyl sites for hydroxylation is 1. The van der Waals surface area contributed by atoms with Gasteiger partial charge in [0.2, 0.25) is 5.95 Å². The fourth-order valence-electron chi connectivity index (χ4n) is 4.52. The number of halogens is 4. The van der Waals surface area contributed by atoms with Crippen LogP contribution in [0.15, 0.2) is 54.7 Å². The number of hydrogen-bond acceptors (Lipinski definition) is 6. The molecule has 0 bridgehead atoms. The number of ketones is 1. The normalized spacial score (nSPS) is 14.6. The highest BCUT2D eigenvalue weighted by Gasteiger charge is 2.33. The van der Waals surface area contributed by atoms with Crippen molar-refractivity contribution >= 4 is 40.1 Å². The number of rotatable bonds is 7. The first-order valence-corrected chi connectivity index (χ1v) is 12.5. The lowest BCUT2D eigenvalue weighted by atomic mass is 9.91. The summed E-state index contributed by atoms with van der Waals surface area (Å²) in [6.07, 6.45) is -1.00. The van der Waals surface area contributed by atoms with Crippen molar-refractivity contribution < 1.29 is 22.7 Å². The zero-order chi connectivity index (χ0) is 26.9. The van der Waals surface area contributed by atoms with E-state index in [0.29, 0.717) is 28.7 Å². The summed E-state index contributed by atoms with van der Waals surface area (Å²) >= 11 is 5.73. The van der Waals surface area contributed by atoms with Gasteiger partial charge < -0.3 is 19.9 Å². The van der Waals surface area contributed by atoms with E-state index in [1.54, 1.807) is 42.1 Å². The number of pyridine rings is 1. The molecule has 0 radical (unpaired) electrons. The van der Waals surface area contributed by atoms with E-state index in [-0.39, 0.29) is 28.8 Å². The van der Waals surface area contributed by atoms with Gasteiger partial charge in [0.05, 0.1) is 27.3 Å². The van der Waals surface area contributed by atoms with Crippen molar-refractivity contribution in [2.24, 2.45) is 13.0 Å². The largest absolute Gasteiger partial charge is 0.457 e. The van der Waals surface area contributed by atoms with Crippen LogP contribution < -0.4 is 15.4 Å². The zero-order valence-corrected chi connectivity index (χ0v) is 21.2. The van der Waals surface area contributed by atoms with Gasteiger partial charge in [0, 0.05) is 43.4 Å². The van der Waals surface area contributed by atoms with Crippen LogP contribution >= 0.6 is 11.6 Å². The minimum absolute atomic E-state index is 0.0601. The number of fused-ring (bicyclic) bond motifs is 1. The number of piperidine rings is 1. The molecule has 4 aromatic rings. The molecular formula is C27H25ClF3N5O2. The number of hydrogen-bond donors (Lipinski definition) is 2. The molecule has 5 rings (SSSR count). The smallest absolute Gasteiger partial charge is 0.417 e. The summed E-state index contributed by atoms with van der Waals surface area (Å²) in [5.41, 5.74) is 1.28. The Hall–Kier alpha value is -3.63. The van der Waals surface area contributed by atoms with Gasteiger partial charge in [-0.05, 0) is 62.3 Å². The van der Waals surface area contributed by atoms with Crippen LogP contribution in [-0.4, -0.2) is 33.4 Å². The molecule has 0 atom stereocenters. The van der Waals surface area contributed by atoms with Crippen LogP contribution in [0.3, 0.4) is 0 Å². The highest BCUT2D eigenvalue weighted by Crippen LogP contribution is 2.37. The zero-order valence-electron chi connectivity index (χ0n) is 20.5. The van der Waals surface area contributed by atoms with Gasteiger partial charge in [-0.25, -0.2) is 4.98 Å². The minimum Gasteiger partial charge on any atom is -0.457 e. The minimum atomic E-state index is -4.57. The van der Waals surface area contributed by atoms with E-state index in [1.807, 2.05) is 6.07 Å². The van der Waals surface area contributed by atoms with E-state index < -0.39 is 11.7 Å². The summed E-state index contributed by atoms with van der Waals surface area (Å²) in [6.45, 7) is 1.71. The third kappa shape index (κ3) is 5.76. The number of alkyl halides is 3. The second kappa shape index (κ2) is 10.6. The summed E-state index contributed by atoms with van der Waals surface area (Å²) in [5, 5.41) is 5.83. The van der Waals surface area contributed by atoms with Crippen LogP contribution in [0.4, 0.5) is 24.8 Å². The highest BCUT2D eigenvalue weighted by atomic mass is 35.5. The highest BCUT2D eigenvalue weighted by molar-refractivity contribution is 6.31. The van der Waals surface area contributed by atoms with Crippen LogP contribution in [0.25, 0.3) is 11.0 Å². The fraction of sp³-hybridized carbons (Fsp3) is 0.296. The number of nitrogens with one attached hydrogen (secondary N) is 2. The third-order valence-electron chi connectivity index (χ3n) is 6.55. The second-order valence-electron chi connectivity index (χ2n) is 9.21.